The van der Waals surface area contributed by atoms with Crippen LogP contribution in [0.2, 0.25) is 0 Å². The topological polar surface area (TPSA) is 103 Å². The summed E-state index contributed by atoms with van der Waals surface area (Å²) in [5.41, 5.74) is 4.85. The fourth-order valence-corrected chi connectivity index (χ4v) is 2.46. The molecular formula is C17H33N3O4S. The van der Waals surface area contributed by atoms with E-state index in [0.717, 1.165) is 5.75 Å². The lowest BCUT2D eigenvalue weighted by Gasteiger charge is -2.23. The van der Waals surface area contributed by atoms with Crippen molar-refractivity contribution >= 4 is 29.7 Å². The molecule has 0 heterocycles. The lowest BCUT2D eigenvalue weighted by Crippen LogP contribution is -2.44. The van der Waals surface area contributed by atoms with Crippen LogP contribution in [0.3, 0.4) is 0 Å². The van der Waals surface area contributed by atoms with Gasteiger partial charge in [-0.25, -0.2) is 9.59 Å². The number of esters is 1. The van der Waals surface area contributed by atoms with Gasteiger partial charge in [0.05, 0.1) is 12.4 Å². The average Bonchev–Trinajstić information content (AvgIpc) is 2.44. The minimum absolute atomic E-state index is 0.234. The fraction of sp³-hybridized carbons (Fsp3) is 0.824. The van der Waals surface area contributed by atoms with Crippen LogP contribution in [0, 0.1) is 5.92 Å². The maximum Gasteiger partial charge on any atom is 0.408 e. The van der Waals surface area contributed by atoms with Gasteiger partial charge >= 0.3 is 12.1 Å². The first-order valence-corrected chi connectivity index (χ1v) is 9.67. The molecule has 0 unspecified atom stereocenters. The normalized spacial score (nSPS) is 13.5. The third-order valence-electron chi connectivity index (χ3n) is 2.68. The summed E-state index contributed by atoms with van der Waals surface area (Å²) in [6, 6.07) is -0.721. The zero-order valence-corrected chi connectivity index (χ0v) is 17.1. The molecule has 7 nitrogen and oxygen atoms in total. The van der Waals surface area contributed by atoms with Crippen molar-refractivity contribution in [2.24, 2.45) is 16.6 Å². The molecule has 0 aliphatic rings. The maximum absolute atomic E-state index is 12.2. The molecule has 0 aromatic heterocycles. The summed E-state index contributed by atoms with van der Waals surface area (Å²) in [4.78, 5) is 28.3. The van der Waals surface area contributed by atoms with Crippen LogP contribution in [0.25, 0.3) is 0 Å². The summed E-state index contributed by atoms with van der Waals surface area (Å²) >= 11 is 1.64. The van der Waals surface area contributed by atoms with Gasteiger partial charge in [0.25, 0.3) is 0 Å². The van der Waals surface area contributed by atoms with Crippen LogP contribution in [0.5, 0.6) is 0 Å². The summed E-state index contributed by atoms with van der Waals surface area (Å²) in [5.74, 6) is 1.85. The van der Waals surface area contributed by atoms with Gasteiger partial charge in [-0.1, -0.05) is 13.8 Å². The predicted molar refractivity (Wildman–Crippen MR) is 103 cm³/mol. The molecule has 25 heavy (non-hydrogen) atoms. The zero-order valence-electron chi connectivity index (χ0n) is 16.3. The van der Waals surface area contributed by atoms with E-state index >= 15 is 0 Å². The lowest BCUT2D eigenvalue weighted by molar-refractivity contribution is -0.147. The molecule has 0 rings (SSSR count). The van der Waals surface area contributed by atoms with Crippen molar-refractivity contribution in [3.63, 3.8) is 0 Å². The van der Waals surface area contributed by atoms with Crippen molar-refractivity contribution in [1.82, 2.24) is 5.32 Å². The molecule has 1 amide bonds. The van der Waals surface area contributed by atoms with Crippen molar-refractivity contribution in [3.05, 3.63) is 0 Å². The van der Waals surface area contributed by atoms with Gasteiger partial charge in [0.2, 0.25) is 0 Å². The molecule has 146 valence electrons. The molecule has 0 spiro atoms. The molecule has 0 bridgehead atoms. The molecule has 3 N–H and O–H groups in total. The molecule has 0 aromatic carbocycles. The van der Waals surface area contributed by atoms with E-state index in [1.165, 1.54) is 0 Å². The van der Waals surface area contributed by atoms with Crippen LogP contribution in [0.15, 0.2) is 4.99 Å². The zero-order chi connectivity index (χ0) is 19.5. The highest BCUT2D eigenvalue weighted by Crippen LogP contribution is 2.10. The SMILES string of the molecule is CC(N)=NCCSCC[C@H](NC(=O)OC(C)(C)C)C(=O)OCC(C)C. The number of carbonyl (C=O) groups is 2. The van der Waals surface area contributed by atoms with E-state index in [-0.39, 0.29) is 5.92 Å². The molecule has 0 aliphatic carbocycles. The Hall–Kier alpha value is -1.44. The first-order chi connectivity index (χ1) is 11.5. The maximum atomic E-state index is 12.2. The van der Waals surface area contributed by atoms with Gasteiger partial charge in [-0.3, -0.25) is 4.99 Å². The number of alkyl carbamates (subject to hydrolysis) is 1. The first kappa shape index (κ1) is 23.6. The summed E-state index contributed by atoms with van der Waals surface area (Å²) in [6.45, 7) is 11.9. The highest BCUT2D eigenvalue weighted by Gasteiger charge is 2.25. The van der Waals surface area contributed by atoms with Crippen molar-refractivity contribution in [3.8, 4) is 0 Å². The second-order valence-corrected chi connectivity index (χ2v) is 8.37. The number of nitrogens with zero attached hydrogens (tertiary/aromatic N) is 1. The largest absolute Gasteiger partial charge is 0.464 e. The Morgan fingerprint density at radius 1 is 1.24 bits per heavy atom. The molecule has 1 atom stereocenters. The number of thioether (sulfide) groups is 1. The van der Waals surface area contributed by atoms with E-state index in [1.807, 2.05) is 13.8 Å². The third kappa shape index (κ3) is 14.6. The van der Waals surface area contributed by atoms with E-state index < -0.39 is 23.7 Å². The van der Waals surface area contributed by atoms with E-state index in [9.17, 15) is 9.59 Å². The molecule has 0 radical (unpaired) electrons. The average molecular weight is 376 g/mol. The van der Waals surface area contributed by atoms with Gasteiger partial charge in [0.1, 0.15) is 11.6 Å². The van der Waals surface area contributed by atoms with Crippen molar-refractivity contribution in [2.75, 3.05) is 24.7 Å². The van der Waals surface area contributed by atoms with E-state index in [1.54, 1.807) is 39.5 Å². The lowest BCUT2D eigenvalue weighted by atomic mass is 10.2. The Morgan fingerprint density at radius 3 is 2.40 bits per heavy atom. The highest BCUT2D eigenvalue weighted by atomic mass is 32.2. The Bertz CT molecular complexity index is 444. The number of amides is 1. The summed E-state index contributed by atoms with van der Waals surface area (Å²) in [7, 11) is 0. The Labute approximate surface area is 155 Å². The molecule has 0 saturated heterocycles. The van der Waals surface area contributed by atoms with Crippen molar-refractivity contribution < 1.29 is 19.1 Å². The van der Waals surface area contributed by atoms with Gasteiger partial charge in [0, 0.05) is 12.3 Å². The van der Waals surface area contributed by atoms with Crippen LogP contribution < -0.4 is 11.1 Å². The predicted octanol–water partition coefficient (Wildman–Crippen LogP) is 2.58. The van der Waals surface area contributed by atoms with Crippen LogP contribution in [0.1, 0.15) is 48.0 Å². The standard InChI is InChI=1S/C17H33N3O4S/c1-12(2)11-23-15(21)14(20-16(22)24-17(4,5)6)7-9-25-10-8-19-13(3)18/h12,14H,7-11H2,1-6H3,(H2,18,19)(H,20,22)/t14-/m0/s1. The van der Waals surface area contributed by atoms with Gasteiger partial charge in [-0.05, 0) is 45.8 Å². The van der Waals surface area contributed by atoms with Crippen LogP contribution in [-0.4, -0.2) is 54.2 Å². The van der Waals surface area contributed by atoms with Gasteiger partial charge in [0.15, 0.2) is 0 Å². The van der Waals surface area contributed by atoms with Crippen molar-refractivity contribution in [1.29, 1.82) is 0 Å². The summed E-state index contributed by atoms with van der Waals surface area (Å²) in [6.07, 6.45) is -0.154. The second kappa shape index (κ2) is 12.0. The van der Waals surface area contributed by atoms with Gasteiger partial charge in [-0.2, -0.15) is 11.8 Å². The summed E-state index contributed by atoms with van der Waals surface area (Å²) in [5, 5.41) is 2.61. The Kier molecular flexibility index (Phi) is 11.3. The monoisotopic (exact) mass is 375 g/mol. The number of rotatable bonds is 10. The number of hydrogen-bond acceptors (Lipinski definition) is 6. The number of amidine groups is 1. The van der Waals surface area contributed by atoms with Crippen LogP contribution in [0.4, 0.5) is 4.79 Å². The Balaban J connectivity index is 4.49. The smallest absolute Gasteiger partial charge is 0.408 e. The Morgan fingerprint density at radius 2 is 1.88 bits per heavy atom. The third-order valence-corrected chi connectivity index (χ3v) is 3.68. The molecule has 0 saturated carbocycles. The number of ether oxygens (including phenoxy) is 2. The number of hydrogen-bond donors (Lipinski definition) is 2. The van der Waals surface area contributed by atoms with E-state index in [2.05, 4.69) is 10.3 Å². The molecular weight excluding hydrogens is 342 g/mol. The fourth-order valence-electron chi connectivity index (χ4n) is 1.64. The van der Waals surface area contributed by atoms with Crippen molar-refractivity contribution in [2.45, 2.75) is 59.6 Å². The number of nitrogens with one attached hydrogen (secondary N) is 1. The highest BCUT2D eigenvalue weighted by molar-refractivity contribution is 7.99. The van der Waals surface area contributed by atoms with E-state index in [0.29, 0.717) is 31.2 Å². The molecule has 0 fully saturated rings. The van der Waals surface area contributed by atoms with Crippen LogP contribution >= 0.6 is 11.8 Å². The van der Waals surface area contributed by atoms with Gasteiger partial charge in [-0.15, -0.1) is 0 Å². The second-order valence-electron chi connectivity index (χ2n) is 7.15. The minimum atomic E-state index is -0.721. The van der Waals surface area contributed by atoms with Crippen LogP contribution in [-0.2, 0) is 14.3 Å². The summed E-state index contributed by atoms with van der Waals surface area (Å²) < 4.78 is 10.5. The first-order valence-electron chi connectivity index (χ1n) is 8.51. The van der Waals surface area contributed by atoms with Gasteiger partial charge < -0.3 is 20.5 Å². The quantitative estimate of drug-likeness (QED) is 0.263. The number of aliphatic imine (C=N–C) groups is 1. The van der Waals surface area contributed by atoms with E-state index in [4.69, 9.17) is 15.2 Å². The molecule has 0 aromatic rings. The molecule has 8 heteroatoms. The minimum Gasteiger partial charge on any atom is -0.464 e. The molecule has 0 aliphatic heterocycles. The number of nitrogens with two attached hydrogens (primary N) is 1. The number of carbonyl (C=O) groups excluding carboxylic acids is 2.